The highest BCUT2D eigenvalue weighted by Gasteiger charge is 2.23. The molecule has 2 rings (SSSR count). The third kappa shape index (κ3) is 5.09. The van der Waals surface area contributed by atoms with Gasteiger partial charge in [0.2, 0.25) is 0 Å². The largest absolute Gasteiger partial charge is 0.337 e. The zero-order valence-electron chi connectivity index (χ0n) is 15.0. The van der Waals surface area contributed by atoms with Gasteiger partial charge in [0.05, 0.1) is 6.04 Å². The van der Waals surface area contributed by atoms with Crippen molar-refractivity contribution in [3.63, 3.8) is 0 Å². The number of unbranched alkanes of at least 4 members (excludes halogenated alkanes) is 1. The van der Waals surface area contributed by atoms with Gasteiger partial charge >= 0.3 is 0 Å². The fourth-order valence-electron chi connectivity index (χ4n) is 3.37. The molecular weight excluding hydrogens is 297 g/mol. The van der Waals surface area contributed by atoms with Gasteiger partial charge in [-0.3, -0.25) is 0 Å². The first-order valence-electron chi connectivity index (χ1n) is 9.22. The lowest BCUT2D eigenvalue weighted by atomic mass is 9.88. The summed E-state index contributed by atoms with van der Waals surface area (Å²) in [6.07, 6.45) is 5.85. The van der Waals surface area contributed by atoms with Crippen LogP contribution in [0.4, 0.5) is 10.1 Å². The molecule has 2 aromatic carbocycles. The number of hydrogen-bond donors (Lipinski definition) is 0. The van der Waals surface area contributed by atoms with Gasteiger partial charge in [0.25, 0.3) is 0 Å². The molecule has 0 saturated carbocycles. The summed E-state index contributed by atoms with van der Waals surface area (Å²) >= 11 is 0. The van der Waals surface area contributed by atoms with E-state index in [0.717, 1.165) is 18.5 Å². The first-order valence-corrected chi connectivity index (χ1v) is 9.22. The van der Waals surface area contributed by atoms with Crippen molar-refractivity contribution < 1.29 is 4.39 Å². The highest BCUT2D eigenvalue weighted by Crippen LogP contribution is 2.34. The number of hydrogen-bond acceptors (Lipinski definition) is 1. The van der Waals surface area contributed by atoms with Crippen LogP contribution >= 0.6 is 0 Å². The Labute approximate surface area is 146 Å². The van der Waals surface area contributed by atoms with E-state index in [-0.39, 0.29) is 6.04 Å². The fourth-order valence-corrected chi connectivity index (χ4v) is 3.37. The van der Waals surface area contributed by atoms with Crippen molar-refractivity contribution in [2.75, 3.05) is 11.7 Å². The van der Waals surface area contributed by atoms with E-state index in [1.54, 1.807) is 0 Å². The highest BCUT2D eigenvalue weighted by molar-refractivity contribution is 5.48. The van der Waals surface area contributed by atoms with Crippen LogP contribution in [-0.2, 0) is 0 Å². The number of para-hydroxylation sites is 1. The van der Waals surface area contributed by atoms with E-state index in [2.05, 4.69) is 38.1 Å². The van der Waals surface area contributed by atoms with E-state index in [4.69, 9.17) is 0 Å². The molecule has 24 heavy (non-hydrogen) atoms. The lowest BCUT2D eigenvalue weighted by Gasteiger charge is -2.34. The minimum Gasteiger partial charge on any atom is -0.337 e. The summed E-state index contributed by atoms with van der Waals surface area (Å²) in [7, 11) is 0. The number of anilines is 1. The Hall–Kier alpha value is -1.83. The summed E-state index contributed by atoms with van der Waals surface area (Å²) < 4.78 is 14.0. The Bertz CT molecular complexity index is 555. The van der Waals surface area contributed by atoms with Crippen molar-refractivity contribution in [1.82, 2.24) is 0 Å². The second kappa shape index (κ2) is 10.1. The number of nitrogens with zero attached hydrogens (tertiary/aromatic N) is 1. The molecule has 0 heterocycles. The fraction of sp³-hybridized carbons (Fsp3) is 0.455. The predicted octanol–water partition coefficient (Wildman–Crippen LogP) is 6.77. The molecule has 0 radical (unpaired) electrons. The SMILES string of the molecule is CCCCC(CC)CC(c1ccccc1)N(CF)c1ccccc1. The van der Waals surface area contributed by atoms with Crippen LogP contribution in [0.15, 0.2) is 60.7 Å². The smallest absolute Gasteiger partial charge is 0.162 e. The minimum absolute atomic E-state index is 0.0837. The van der Waals surface area contributed by atoms with Gasteiger partial charge in [-0.1, -0.05) is 88.1 Å². The molecule has 2 atom stereocenters. The summed E-state index contributed by atoms with van der Waals surface area (Å²) in [5, 5.41) is 0. The van der Waals surface area contributed by atoms with Crippen molar-refractivity contribution in [2.24, 2.45) is 5.92 Å². The first kappa shape index (κ1) is 18.5. The number of alkyl halides is 1. The maximum atomic E-state index is 14.0. The van der Waals surface area contributed by atoms with Crippen molar-refractivity contribution in [3.8, 4) is 0 Å². The average Bonchev–Trinajstić information content (AvgIpc) is 2.66. The monoisotopic (exact) mass is 327 g/mol. The van der Waals surface area contributed by atoms with Gasteiger partial charge in [0, 0.05) is 5.69 Å². The van der Waals surface area contributed by atoms with Crippen LogP contribution in [0.25, 0.3) is 0 Å². The zero-order chi connectivity index (χ0) is 17.2. The van der Waals surface area contributed by atoms with Gasteiger partial charge in [0.15, 0.2) is 6.80 Å². The number of halogens is 1. The van der Waals surface area contributed by atoms with Crippen LogP contribution in [0.1, 0.15) is 57.6 Å². The Morgan fingerprint density at radius 2 is 1.54 bits per heavy atom. The molecule has 2 heteroatoms. The van der Waals surface area contributed by atoms with Crippen LogP contribution in [0.2, 0.25) is 0 Å². The summed E-state index contributed by atoms with van der Waals surface area (Å²) in [5.41, 5.74) is 2.16. The maximum Gasteiger partial charge on any atom is 0.162 e. The lowest BCUT2D eigenvalue weighted by Crippen LogP contribution is -2.29. The maximum absolute atomic E-state index is 14.0. The van der Waals surface area contributed by atoms with E-state index in [1.807, 2.05) is 41.3 Å². The first-order chi connectivity index (χ1) is 11.8. The standard InChI is InChI=1S/C22H30FN/c1-3-5-12-19(4-2)17-22(20-13-8-6-9-14-20)24(18-23)21-15-10-7-11-16-21/h6-11,13-16,19,22H,3-5,12,17-18H2,1-2H3. The molecule has 2 unspecified atom stereocenters. The second-order valence-electron chi connectivity index (χ2n) is 6.50. The topological polar surface area (TPSA) is 3.24 Å². The average molecular weight is 327 g/mol. The normalized spacial score (nSPS) is 13.5. The van der Waals surface area contributed by atoms with Crippen molar-refractivity contribution >= 4 is 5.69 Å². The van der Waals surface area contributed by atoms with E-state index < -0.39 is 6.80 Å². The predicted molar refractivity (Wildman–Crippen MR) is 102 cm³/mol. The van der Waals surface area contributed by atoms with Gasteiger partial charge in [-0.25, -0.2) is 4.39 Å². The molecule has 0 spiro atoms. The number of benzene rings is 2. The van der Waals surface area contributed by atoms with Gasteiger partial charge in [-0.15, -0.1) is 0 Å². The van der Waals surface area contributed by atoms with Crippen LogP contribution in [0.3, 0.4) is 0 Å². The number of rotatable bonds is 10. The Kier molecular flexibility index (Phi) is 7.81. The quantitative estimate of drug-likeness (QED) is 0.435. The summed E-state index contributed by atoms with van der Waals surface area (Å²) in [6, 6.07) is 20.4. The van der Waals surface area contributed by atoms with Crippen LogP contribution in [0.5, 0.6) is 0 Å². The van der Waals surface area contributed by atoms with E-state index in [9.17, 15) is 4.39 Å². The zero-order valence-corrected chi connectivity index (χ0v) is 15.0. The Balaban J connectivity index is 2.28. The molecule has 0 N–H and O–H groups in total. The molecule has 0 fully saturated rings. The van der Waals surface area contributed by atoms with E-state index >= 15 is 0 Å². The minimum atomic E-state index is -0.464. The van der Waals surface area contributed by atoms with Gasteiger partial charge in [0.1, 0.15) is 0 Å². The summed E-state index contributed by atoms with van der Waals surface area (Å²) in [4.78, 5) is 1.91. The molecule has 0 saturated heterocycles. The van der Waals surface area contributed by atoms with Crippen molar-refractivity contribution in [1.29, 1.82) is 0 Å². The molecule has 0 aromatic heterocycles. The Morgan fingerprint density at radius 1 is 0.917 bits per heavy atom. The third-order valence-corrected chi connectivity index (χ3v) is 4.88. The van der Waals surface area contributed by atoms with Gasteiger partial charge in [-0.05, 0) is 30.0 Å². The van der Waals surface area contributed by atoms with Gasteiger partial charge in [-0.2, -0.15) is 0 Å². The highest BCUT2D eigenvalue weighted by atomic mass is 19.1. The van der Waals surface area contributed by atoms with Crippen molar-refractivity contribution in [2.45, 2.75) is 52.0 Å². The molecule has 0 aliphatic carbocycles. The van der Waals surface area contributed by atoms with E-state index in [0.29, 0.717) is 5.92 Å². The lowest BCUT2D eigenvalue weighted by molar-refractivity contribution is 0.350. The van der Waals surface area contributed by atoms with Crippen LogP contribution < -0.4 is 4.90 Å². The molecule has 0 bridgehead atoms. The molecular formula is C22H30FN. The second-order valence-corrected chi connectivity index (χ2v) is 6.50. The third-order valence-electron chi connectivity index (χ3n) is 4.88. The molecule has 1 nitrogen and oxygen atoms in total. The Morgan fingerprint density at radius 3 is 2.08 bits per heavy atom. The summed E-state index contributed by atoms with van der Waals surface area (Å²) in [5.74, 6) is 0.632. The summed E-state index contributed by atoms with van der Waals surface area (Å²) in [6.45, 7) is 4.03. The molecule has 0 amide bonds. The molecule has 0 aliphatic heterocycles. The van der Waals surface area contributed by atoms with Gasteiger partial charge < -0.3 is 4.90 Å². The molecule has 130 valence electrons. The molecule has 0 aliphatic rings. The molecule has 2 aromatic rings. The van der Waals surface area contributed by atoms with Crippen molar-refractivity contribution in [3.05, 3.63) is 66.2 Å². The van der Waals surface area contributed by atoms with Crippen LogP contribution in [0, 0.1) is 5.92 Å². The van der Waals surface area contributed by atoms with E-state index in [1.165, 1.54) is 24.8 Å². The van der Waals surface area contributed by atoms with Crippen LogP contribution in [-0.4, -0.2) is 6.80 Å².